The van der Waals surface area contributed by atoms with Gasteiger partial charge in [-0.25, -0.2) is 0 Å². The van der Waals surface area contributed by atoms with Crippen molar-refractivity contribution in [3.8, 4) is 0 Å². The summed E-state index contributed by atoms with van der Waals surface area (Å²) in [5.41, 5.74) is 4.20. The van der Waals surface area contributed by atoms with Gasteiger partial charge in [0.05, 0.1) is 0 Å². The first kappa shape index (κ1) is 23.0. The van der Waals surface area contributed by atoms with Gasteiger partial charge in [0.15, 0.2) is 0 Å². The quantitative estimate of drug-likeness (QED) is 0.262. The molecule has 158 valence electrons. The average molecular weight is 384 g/mol. The number of aromatic amines is 1. The highest BCUT2D eigenvalue weighted by Gasteiger charge is 2.07. The van der Waals surface area contributed by atoms with Crippen LogP contribution in [-0.2, 0) is 6.42 Å². The average Bonchev–Trinajstić information content (AvgIpc) is 3.03. The molecule has 0 bridgehead atoms. The highest BCUT2D eigenvalue weighted by atomic mass is 14.7. The van der Waals surface area contributed by atoms with E-state index in [9.17, 15) is 0 Å². The van der Waals surface area contributed by atoms with Crippen LogP contribution in [0.5, 0.6) is 0 Å². The number of para-hydroxylation sites is 1. The molecule has 1 heteroatoms. The maximum absolute atomic E-state index is 3.53. The number of aromatic nitrogens is 1. The minimum atomic E-state index is 1.23. The van der Waals surface area contributed by atoms with Gasteiger partial charge in [-0.3, -0.25) is 0 Å². The van der Waals surface area contributed by atoms with Crippen LogP contribution < -0.4 is 0 Å². The molecule has 2 rings (SSSR count). The molecule has 0 aliphatic carbocycles. The van der Waals surface area contributed by atoms with Crippen LogP contribution >= 0.6 is 0 Å². The van der Waals surface area contributed by atoms with Crippen molar-refractivity contribution in [2.24, 2.45) is 0 Å². The largest absolute Gasteiger partial charge is 0.358 e. The lowest BCUT2D eigenvalue weighted by atomic mass is 10.0. The van der Waals surface area contributed by atoms with E-state index >= 15 is 0 Å². The second kappa shape index (κ2) is 14.7. The Kier molecular flexibility index (Phi) is 12.1. The lowest BCUT2D eigenvalue weighted by molar-refractivity contribution is 0.529. The highest BCUT2D eigenvalue weighted by molar-refractivity contribution is 5.84. The van der Waals surface area contributed by atoms with Crippen molar-refractivity contribution >= 4 is 10.9 Å². The summed E-state index contributed by atoms with van der Waals surface area (Å²) in [6, 6.07) is 8.74. The monoisotopic (exact) mass is 383 g/mol. The Hall–Kier alpha value is -1.24. The second-order valence-corrected chi connectivity index (χ2v) is 8.83. The van der Waals surface area contributed by atoms with Crippen molar-refractivity contribution in [1.29, 1.82) is 0 Å². The molecule has 1 heterocycles. The number of aryl methyl sites for hydroxylation is 2. The van der Waals surface area contributed by atoms with Crippen molar-refractivity contribution in [2.45, 2.75) is 123 Å². The van der Waals surface area contributed by atoms with E-state index in [1.807, 2.05) is 0 Å². The lowest BCUT2D eigenvalue weighted by Crippen LogP contribution is -1.88. The van der Waals surface area contributed by atoms with Crippen LogP contribution in [0.25, 0.3) is 10.9 Å². The molecule has 0 atom stereocenters. The van der Waals surface area contributed by atoms with Crippen molar-refractivity contribution in [3.63, 3.8) is 0 Å². The molecule has 0 radical (unpaired) electrons. The van der Waals surface area contributed by atoms with Gasteiger partial charge in [0.2, 0.25) is 0 Å². The highest BCUT2D eigenvalue weighted by Crippen LogP contribution is 2.24. The van der Waals surface area contributed by atoms with Gasteiger partial charge in [0, 0.05) is 16.6 Å². The topological polar surface area (TPSA) is 15.8 Å². The fourth-order valence-electron chi connectivity index (χ4n) is 4.51. The number of hydrogen-bond acceptors (Lipinski definition) is 0. The van der Waals surface area contributed by atoms with E-state index in [4.69, 9.17) is 0 Å². The van der Waals surface area contributed by atoms with Crippen molar-refractivity contribution in [2.75, 3.05) is 0 Å². The fourth-order valence-corrected chi connectivity index (χ4v) is 4.51. The minimum Gasteiger partial charge on any atom is -0.358 e. The van der Waals surface area contributed by atoms with Crippen LogP contribution in [0.3, 0.4) is 0 Å². The standard InChI is InChI=1S/C27H45N/c1-3-4-5-6-7-8-9-10-11-12-13-14-15-16-17-18-21-25-24(2)28-27-23-20-19-22-26(25)27/h19-20,22-23,28H,3-18,21H2,1-2H3. The first-order valence-corrected chi connectivity index (χ1v) is 12.4. The molecular formula is C27H45N. The van der Waals surface area contributed by atoms with Crippen molar-refractivity contribution in [1.82, 2.24) is 4.98 Å². The predicted molar refractivity (Wildman–Crippen MR) is 126 cm³/mol. The van der Waals surface area contributed by atoms with Gasteiger partial charge < -0.3 is 4.98 Å². The Morgan fingerprint density at radius 3 is 1.61 bits per heavy atom. The van der Waals surface area contributed by atoms with Crippen LogP contribution in [0.15, 0.2) is 24.3 Å². The van der Waals surface area contributed by atoms with Crippen LogP contribution in [0.2, 0.25) is 0 Å². The first-order valence-electron chi connectivity index (χ1n) is 12.4. The summed E-state index contributed by atoms with van der Waals surface area (Å²) >= 11 is 0. The third-order valence-corrected chi connectivity index (χ3v) is 6.31. The molecule has 0 fully saturated rings. The van der Waals surface area contributed by atoms with E-state index in [0.717, 1.165) is 0 Å². The van der Waals surface area contributed by atoms with E-state index in [0.29, 0.717) is 0 Å². The molecule has 0 aliphatic heterocycles. The molecule has 0 unspecified atom stereocenters. The molecule has 0 amide bonds. The van der Waals surface area contributed by atoms with Gasteiger partial charge in [-0.05, 0) is 31.4 Å². The zero-order valence-corrected chi connectivity index (χ0v) is 18.8. The van der Waals surface area contributed by atoms with Gasteiger partial charge in [-0.1, -0.05) is 121 Å². The van der Waals surface area contributed by atoms with E-state index in [2.05, 4.69) is 43.1 Å². The lowest BCUT2D eigenvalue weighted by Gasteiger charge is -2.04. The number of fused-ring (bicyclic) bond motifs is 1. The van der Waals surface area contributed by atoms with Gasteiger partial charge >= 0.3 is 0 Å². The number of rotatable bonds is 17. The summed E-state index contributed by atoms with van der Waals surface area (Å²) in [5, 5.41) is 1.43. The molecule has 1 aromatic heterocycles. The SMILES string of the molecule is CCCCCCCCCCCCCCCCCCc1c(C)[nH]c2ccccc12. The normalized spacial score (nSPS) is 11.5. The number of hydrogen-bond donors (Lipinski definition) is 1. The van der Waals surface area contributed by atoms with E-state index in [-0.39, 0.29) is 0 Å². The van der Waals surface area contributed by atoms with Crippen molar-refractivity contribution in [3.05, 3.63) is 35.5 Å². The molecule has 28 heavy (non-hydrogen) atoms. The molecular weight excluding hydrogens is 338 g/mol. The van der Waals surface area contributed by atoms with E-state index in [1.54, 1.807) is 5.56 Å². The second-order valence-electron chi connectivity index (χ2n) is 8.83. The molecule has 2 aromatic rings. The molecule has 0 saturated heterocycles. The summed E-state index contributed by atoms with van der Waals surface area (Å²) < 4.78 is 0. The molecule has 0 spiro atoms. The van der Waals surface area contributed by atoms with Crippen molar-refractivity contribution < 1.29 is 0 Å². The Balaban J connectivity index is 1.38. The summed E-state index contributed by atoms with van der Waals surface area (Å²) in [5.74, 6) is 0. The Morgan fingerprint density at radius 1 is 0.607 bits per heavy atom. The molecule has 1 nitrogen and oxygen atoms in total. The zero-order valence-electron chi connectivity index (χ0n) is 18.8. The third kappa shape index (κ3) is 8.84. The maximum atomic E-state index is 3.53. The number of unbranched alkanes of at least 4 members (excludes halogenated alkanes) is 15. The first-order chi connectivity index (χ1) is 13.8. The number of nitrogens with one attached hydrogen (secondary N) is 1. The van der Waals surface area contributed by atoms with E-state index in [1.165, 1.54) is 126 Å². The molecule has 1 aromatic carbocycles. The van der Waals surface area contributed by atoms with Gasteiger partial charge in [-0.2, -0.15) is 0 Å². The van der Waals surface area contributed by atoms with Crippen LogP contribution in [-0.4, -0.2) is 4.98 Å². The third-order valence-electron chi connectivity index (χ3n) is 6.31. The Bertz CT molecular complexity index is 624. The molecule has 0 saturated carbocycles. The Labute approximate surface area is 174 Å². The smallest absolute Gasteiger partial charge is 0.0458 e. The van der Waals surface area contributed by atoms with Gasteiger partial charge in [0.25, 0.3) is 0 Å². The zero-order chi connectivity index (χ0) is 19.9. The van der Waals surface area contributed by atoms with Crippen LogP contribution in [0.1, 0.15) is 121 Å². The number of H-pyrrole nitrogens is 1. The minimum absolute atomic E-state index is 1.23. The maximum Gasteiger partial charge on any atom is 0.0458 e. The van der Waals surface area contributed by atoms with Crippen LogP contribution in [0.4, 0.5) is 0 Å². The van der Waals surface area contributed by atoms with Gasteiger partial charge in [-0.15, -0.1) is 0 Å². The summed E-state index contributed by atoms with van der Waals surface area (Å²) in [6.45, 7) is 4.52. The predicted octanol–water partition coefficient (Wildman–Crippen LogP) is 9.28. The fraction of sp³-hybridized carbons (Fsp3) is 0.704. The van der Waals surface area contributed by atoms with E-state index < -0.39 is 0 Å². The van der Waals surface area contributed by atoms with Crippen LogP contribution in [0, 0.1) is 6.92 Å². The molecule has 1 N–H and O–H groups in total. The van der Waals surface area contributed by atoms with Gasteiger partial charge in [0.1, 0.15) is 0 Å². The summed E-state index contributed by atoms with van der Waals surface area (Å²) in [7, 11) is 0. The Morgan fingerprint density at radius 2 is 1.07 bits per heavy atom. The number of benzene rings is 1. The molecule has 0 aliphatic rings. The summed E-state index contributed by atoms with van der Waals surface area (Å²) in [6.07, 6.45) is 24.2. The summed E-state index contributed by atoms with van der Waals surface area (Å²) in [4.78, 5) is 3.53.